The molecule has 2 fully saturated rings. The molecule has 0 unspecified atom stereocenters. The van der Waals surface area contributed by atoms with Crippen molar-refractivity contribution < 1.29 is 54.0 Å². The minimum atomic E-state index is -1.62. The van der Waals surface area contributed by atoms with E-state index in [0.717, 1.165) is 24.0 Å². The highest BCUT2D eigenvalue weighted by Gasteiger charge is 2.56. The third-order valence-corrected chi connectivity index (χ3v) is 11.8. The molecule has 0 aromatic heterocycles. The summed E-state index contributed by atoms with van der Waals surface area (Å²) in [7, 11) is 1.70. The number of ether oxygens (including phenoxy) is 5. The van der Waals surface area contributed by atoms with Gasteiger partial charge in [-0.2, -0.15) is 0 Å². The highest BCUT2D eigenvalue weighted by Crippen LogP contribution is 2.56. The number of fused-ring (bicyclic) bond motifs is 2. The number of aliphatic hydroxyl groups excluding tert-OH is 4. The summed E-state index contributed by atoms with van der Waals surface area (Å²) in [6.45, 7) is 16.2. The molecular formula is C40H58O11. The molecule has 1 aromatic rings. The molecule has 0 amide bonds. The number of carboxylic acids is 1. The fourth-order valence-electron chi connectivity index (χ4n) is 8.56. The lowest BCUT2D eigenvalue weighted by Crippen LogP contribution is -2.61. The van der Waals surface area contributed by atoms with Gasteiger partial charge in [0.2, 0.25) is 0 Å². The summed E-state index contributed by atoms with van der Waals surface area (Å²) >= 11 is 0. The molecule has 0 radical (unpaired) electrons. The fourth-order valence-corrected chi connectivity index (χ4v) is 8.56. The second kappa shape index (κ2) is 15.9. The molecule has 284 valence electrons. The molecule has 1 aliphatic heterocycles. The Morgan fingerprint density at radius 3 is 2.43 bits per heavy atom. The second-order valence-electron chi connectivity index (χ2n) is 15.9. The highest BCUT2D eigenvalue weighted by molar-refractivity contribution is 5.89. The topological polar surface area (TPSA) is 164 Å². The van der Waals surface area contributed by atoms with E-state index in [9.17, 15) is 30.3 Å². The van der Waals surface area contributed by atoms with Crippen LogP contribution in [-0.4, -0.2) is 106 Å². The maximum atomic E-state index is 12.4. The Labute approximate surface area is 301 Å². The first-order valence-electron chi connectivity index (χ1n) is 18.2. The van der Waals surface area contributed by atoms with Crippen molar-refractivity contribution in [1.29, 1.82) is 0 Å². The normalized spacial score (nSPS) is 38.1. The van der Waals surface area contributed by atoms with Crippen molar-refractivity contribution in [3.63, 3.8) is 0 Å². The van der Waals surface area contributed by atoms with E-state index in [-0.39, 0.29) is 42.4 Å². The number of carboxylic acid groups (broad SMARTS) is 1. The largest absolute Gasteiger partial charge is 0.478 e. The maximum Gasteiger partial charge on any atom is 0.336 e. The smallest absolute Gasteiger partial charge is 0.336 e. The first-order valence-corrected chi connectivity index (χ1v) is 18.2. The van der Waals surface area contributed by atoms with Crippen LogP contribution in [0.4, 0.5) is 0 Å². The predicted octanol–water partition coefficient (Wildman–Crippen LogP) is 4.42. The lowest BCUT2D eigenvalue weighted by Gasteiger charge is -2.47. The van der Waals surface area contributed by atoms with Crippen LogP contribution in [0.5, 0.6) is 0 Å². The van der Waals surface area contributed by atoms with Crippen LogP contribution in [0.3, 0.4) is 0 Å². The van der Waals surface area contributed by atoms with E-state index < -0.39 is 66.0 Å². The quantitative estimate of drug-likeness (QED) is 0.184. The third-order valence-electron chi connectivity index (χ3n) is 11.8. The molecular weight excluding hydrogens is 656 g/mol. The van der Waals surface area contributed by atoms with Crippen LogP contribution in [-0.2, 0) is 30.3 Å². The van der Waals surface area contributed by atoms with Gasteiger partial charge < -0.3 is 49.2 Å². The monoisotopic (exact) mass is 714 g/mol. The zero-order valence-electron chi connectivity index (χ0n) is 31.0. The van der Waals surface area contributed by atoms with Crippen molar-refractivity contribution in [1.82, 2.24) is 0 Å². The van der Waals surface area contributed by atoms with Crippen LogP contribution in [0.1, 0.15) is 76.7 Å². The van der Waals surface area contributed by atoms with Crippen molar-refractivity contribution in [2.45, 2.75) is 122 Å². The summed E-state index contributed by atoms with van der Waals surface area (Å²) in [5, 5.41) is 55.4. The average Bonchev–Trinajstić information content (AvgIpc) is 3.61. The number of carbonyl (C=O) groups is 1. The Hall–Kier alpha value is -2.45. The van der Waals surface area contributed by atoms with Crippen LogP contribution in [0.15, 0.2) is 59.7 Å². The lowest BCUT2D eigenvalue weighted by molar-refractivity contribution is -0.319. The number of hydrogen-bond acceptors (Lipinski definition) is 10. The molecule has 1 heterocycles. The summed E-state index contributed by atoms with van der Waals surface area (Å²) in [6, 6.07) is 6.80. The Kier molecular flexibility index (Phi) is 12.4. The molecule has 11 nitrogen and oxygen atoms in total. The Morgan fingerprint density at radius 2 is 1.78 bits per heavy atom. The molecule has 5 rings (SSSR count). The summed E-state index contributed by atoms with van der Waals surface area (Å²) in [5.41, 5.74) is 2.24. The molecule has 1 saturated carbocycles. The minimum Gasteiger partial charge on any atom is -0.478 e. The summed E-state index contributed by atoms with van der Waals surface area (Å²) < 4.78 is 31.2. The number of benzene rings is 1. The molecule has 12 atom stereocenters. The van der Waals surface area contributed by atoms with Gasteiger partial charge in [0.05, 0.1) is 43.2 Å². The van der Waals surface area contributed by atoms with Crippen molar-refractivity contribution in [2.24, 2.45) is 29.1 Å². The maximum absolute atomic E-state index is 12.4. The van der Waals surface area contributed by atoms with E-state index in [2.05, 4.69) is 33.4 Å². The van der Waals surface area contributed by atoms with Gasteiger partial charge in [0.1, 0.15) is 30.5 Å². The number of hydrogen-bond donors (Lipinski definition) is 5. The predicted molar refractivity (Wildman–Crippen MR) is 190 cm³/mol. The zero-order chi connectivity index (χ0) is 37.4. The van der Waals surface area contributed by atoms with Gasteiger partial charge in [-0.1, -0.05) is 62.3 Å². The number of methoxy groups -OCH3 is 1. The van der Waals surface area contributed by atoms with Gasteiger partial charge >= 0.3 is 5.97 Å². The Balaban J connectivity index is 1.57. The molecule has 5 N–H and O–H groups in total. The third kappa shape index (κ3) is 7.93. The van der Waals surface area contributed by atoms with E-state index >= 15 is 0 Å². The average molecular weight is 715 g/mol. The number of rotatable bonds is 13. The van der Waals surface area contributed by atoms with Crippen LogP contribution in [0.2, 0.25) is 0 Å². The van der Waals surface area contributed by atoms with Gasteiger partial charge in [0.15, 0.2) is 6.29 Å². The van der Waals surface area contributed by atoms with E-state index in [1.165, 1.54) is 5.57 Å². The number of aromatic carboxylic acids is 1. The van der Waals surface area contributed by atoms with Gasteiger partial charge in [-0.25, -0.2) is 4.79 Å². The Bertz CT molecular complexity index is 1470. The van der Waals surface area contributed by atoms with Crippen LogP contribution < -0.4 is 0 Å². The molecule has 0 bridgehead atoms. The van der Waals surface area contributed by atoms with Crippen LogP contribution in [0, 0.1) is 29.1 Å². The molecule has 11 heteroatoms. The molecule has 1 aromatic carbocycles. The second-order valence-corrected chi connectivity index (χ2v) is 15.9. The highest BCUT2D eigenvalue weighted by atomic mass is 16.7. The van der Waals surface area contributed by atoms with Gasteiger partial charge in [-0.15, -0.1) is 6.58 Å². The van der Waals surface area contributed by atoms with Gasteiger partial charge in [0.25, 0.3) is 0 Å². The first-order chi connectivity index (χ1) is 24.0. The molecule has 1 saturated heterocycles. The lowest BCUT2D eigenvalue weighted by atomic mass is 9.68. The minimum absolute atomic E-state index is 0.0201. The standard InChI is InChI=1S/C40H58O11/c1-9-39(5,6)49-20-29-33(42)34(43)35(44)38(50-29)51-36-31-27(21(2)3)16-30(48-19-23-12-10-11-13-26(23)37(45)46)40(31,7)17-28-24(18-47-8)14-15-25(28)22(4)32(36)41/h9-13,17,21-22,24-25,29-30,32-36,38,41-44H,1,14-16,18-20H2,2-8H3,(H,45,46)/b28-17-/t22-,24-,25+,29-,30+,32-,33-,34+,35-,36-,38-,40+/m1/s1. The summed E-state index contributed by atoms with van der Waals surface area (Å²) in [4.78, 5) is 12.0. The molecule has 4 aliphatic rings. The van der Waals surface area contributed by atoms with E-state index in [4.69, 9.17) is 23.7 Å². The summed E-state index contributed by atoms with van der Waals surface area (Å²) in [6.07, 6.45) is -3.40. The SMILES string of the molecule is C=CC(C)(C)OC[C@H]1O[C@H](O[C@@H]2C3=C(C(C)C)C[C@H](OCc4ccccc4C(=O)O)[C@]3(C)/C=C3/[C@@H](COC)CC[C@H]3[C@@H](C)[C@H]2O)[C@H](O)[C@@H](O)[C@@H]1O. The number of aliphatic hydroxyl groups is 4. The molecule has 0 spiro atoms. The Morgan fingerprint density at radius 1 is 1.08 bits per heavy atom. The van der Waals surface area contributed by atoms with E-state index in [1.54, 1.807) is 37.5 Å². The first kappa shape index (κ1) is 39.8. The van der Waals surface area contributed by atoms with Crippen LogP contribution in [0.25, 0.3) is 0 Å². The van der Waals surface area contributed by atoms with Crippen molar-refractivity contribution in [3.05, 3.63) is 70.8 Å². The van der Waals surface area contributed by atoms with Gasteiger partial charge in [0, 0.05) is 18.4 Å². The zero-order valence-corrected chi connectivity index (χ0v) is 31.0. The van der Waals surface area contributed by atoms with Crippen molar-refractivity contribution >= 4 is 5.97 Å². The fraction of sp³-hybridized carbons (Fsp3) is 0.675. The van der Waals surface area contributed by atoms with Crippen LogP contribution >= 0.6 is 0 Å². The molecule has 51 heavy (non-hydrogen) atoms. The molecule has 3 aliphatic carbocycles. The van der Waals surface area contributed by atoms with Gasteiger partial charge in [-0.3, -0.25) is 0 Å². The van der Waals surface area contributed by atoms with Crippen molar-refractivity contribution in [2.75, 3.05) is 20.3 Å². The van der Waals surface area contributed by atoms with E-state index in [1.807, 2.05) is 20.8 Å². The van der Waals surface area contributed by atoms with Crippen molar-refractivity contribution in [3.8, 4) is 0 Å². The van der Waals surface area contributed by atoms with Gasteiger partial charge in [-0.05, 0) is 75.0 Å². The van der Waals surface area contributed by atoms with E-state index in [0.29, 0.717) is 18.6 Å². The summed E-state index contributed by atoms with van der Waals surface area (Å²) in [5.74, 6) is -1.08.